The third-order valence-electron chi connectivity index (χ3n) is 5.23. The minimum Gasteiger partial charge on any atom is -0.280 e. The standard InChI is InChI=1S/C24H20N6O2S/c1-2-17-6-12-20(13-7-17)33(31,32)29-19-10-8-18(9-11-19)21-14-15-23-26-27-24(30(23)28-21)22-5-3-4-16-25-22/h3-16,29H,2H2,1H3. The number of hydrogen-bond donors (Lipinski definition) is 1. The second-order valence-electron chi connectivity index (χ2n) is 7.41. The molecular formula is C24H20N6O2S. The number of benzene rings is 2. The molecule has 0 unspecified atom stereocenters. The van der Waals surface area contributed by atoms with Crippen LogP contribution in [0.25, 0.3) is 28.4 Å². The van der Waals surface area contributed by atoms with Crippen molar-refractivity contribution in [3.8, 4) is 22.8 Å². The Morgan fingerprint density at radius 3 is 2.33 bits per heavy atom. The van der Waals surface area contributed by atoms with Gasteiger partial charge in [-0.25, -0.2) is 8.42 Å². The predicted molar refractivity (Wildman–Crippen MR) is 126 cm³/mol. The maximum atomic E-state index is 12.7. The van der Waals surface area contributed by atoms with Crippen molar-refractivity contribution in [1.29, 1.82) is 0 Å². The first kappa shape index (κ1) is 20.8. The number of hydrogen-bond acceptors (Lipinski definition) is 6. The number of sulfonamides is 1. The van der Waals surface area contributed by atoms with E-state index in [2.05, 4.69) is 25.0 Å². The van der Waals surface area contributed by atoms with E-state index in [1.54, 1.807) is 35.0 Å². The normalized spacial score (nSPS) is 11.5. The van der Waals surface area contributed by atoms with Gasteiger partial charge in [0, 0.05) is 17.4 Å². The highest BCUT2D eigenvalue weighted by Crippen LogP contribution is 2.23. The second-order valence-corrected chi connectivity index (χ2v) is 9.09. The van der Waals surface area contributed by atoms with Crippen LogP contribution in [0.3, 0.4) is 0 Å². The number of pyridine rings is 1. The van der Waals surface area contributed by atoms with Crippen LogP contribution in [-0.2, 0) is 16.4 Å². The molecule has 3 aromatic heterocycles. The molecule has 0 fully saturated rings. The van der Waals surface area contributed by atoms with Gasteiger partial charge in [-0.15, -0.1) is 10.2 Å². The molecule has 33 heavy (non-hydrogen) atoms. The van der Waals surface area contributed by atoms with Gasteiger partial charge in [-0.3, -0.25) is 9.71 Å². The number of nitrogens with zero attached hydrogens (tertiary/aromatic N) is 5. The molecule has 3 heterocycles. The average Bonchev–Trinajstić information content (AvgIpc) is 3.28. The van der Waals surface area contributed by atoms with E-state index >= 15 is 0 Å². The Balaban J connectivity index is 1.41. The molecule has 0 spiro atoms. The molecule has 0 radical (unpaired) electrons. The number of anilines is 1. The number of aryl methyl sites for hydroxylation is 1. The zero-order valence-corrected chi connectivity index (χ0v) is 18.6. The minimum atomic E-state index is -3.67. The summed E-state index contributed by atoms with van der Waals surface area (Å²) in [7, 11) is -3.67. The highest BCUT2D eigenvalue weighted by Gasteiger charge is 2.15. The number of fused-ring (bicyclic) bond motifs is 1. The summed E-state index contributed by atoms with van der Waals surface area (Å²) in [6, 6.07) is 23.2. The quantitative estimate of drug-likeness (QED) is 0.411. The molecule has 5 aromatic rings. The van der Waals surface area contributed by atoms with E-state index in [0.717, 1.165) is 17.5 Å². The van der Waals surface area contributed by atoms with Gasteiger partial charge in [0.2, 0.25) is 5.82 Å². The Labute approximate surface area is 191 Å². The van der Waals surface area contributed by atoms with Crippen LogP contribution >= 0.6 is 0 Å². The summed E-state index contributed by atoms with van der Waals surface area (Å²) >= 11 is 0. The van der Waals surface area contributed by atoms with Crippen LogP contribution in [0.1, 0.15) is 12.5 Å². The van der Waals surface area contributed by atoms with Crippen molar-refractivity contribution < 1.29 is 8.42 Å². The fraction of sp³-hybridized carbons (Fsp3) is 0.0833. The Morgan fingerprint density at radius 1 is 0.848 bits per heavy atom. The molecule has 0 amide bonds. The van der Waals surface area contributed by atoms with E-state index in [0.29, 0.717) is 28.5 Å². The van der Waals surface area contributed by atoms with Crippen molar-refractivity contribution >= 4 is 21.4 Å². The van der Waals surface area contributed by atoms with Crippen molar-refractivity contribution in [2.24, 2.45) is 0 Å². The van der Waals surface area contributed by atoms with Crippen LogP contribution in [0.5, 0.6) is 0 Å². The van der Waals surface area contributed by atoms with Crippen molar-refractivity contribution in [1.82, 2.24) is 24.8 Å². The van der Waals surface area contributed by atoms with Crippen LogP contribution in [0.15, 0.2) is 90.0 Å². The highest BCUT2D eigenvalue weighted by atomic mass is 32.2. The first-order chi connectivity index (χ1) is 16.0. The van der Waals surface area contributed by atoms with Gasteiger partial charge >= 0.3 is 0 Å². The van der Waals surface area contributed by atoms with E-state index in [9.17, 15) is 8.42 Å². The van der Waals surface area contributed by atoms with Crippen LogP contribution < -0.4 is 4.72 Å². The summed E-state index contributed by atoms with van der Waals surface area (Å²) in [4.78, 5) is 4.55. The van der Waals surface area contributed by atoms with Crippen LogP contribution in [0, 0.1) is 0 Å². The maximum Gasteiger partial charge on any atom is 0.261 e. The second kappa shape index (κ2) is 8.44. The monoisotopic (exact) mass is 456 g/mol. The van der Waals surface area contributed by atoms with Gasteiger partial charge in [-0.2, -0.15) is 9.61 Å². The number of nitrogens with one attached hydrogen (secondary N) is 1. The largest absolute Gasteiger partial charge is 0.280 e. The van der Waals surface area contributed by atoms with E-state index in [4.69, 9.17) is 0 Å². The molecule has 8 nitrogen and oxygen atoms in total. The summed E-state index contributed by atoms with van der Waals surface area (Å²) in [6.45, 7) is 2.03. The van der Waals surface area contributed by atoms with Crippen molar-refractivity contribution in [2.75, 3.05) is 4.72 Å². The van der Waals surface area contributed by atoms with Crippen LogP contribution in [-0.4, -0.2) is 33.2 Å². The third-order valence-corrected chi connectivity index (χ3v) is 6.63. The molecular weight excluding hydrogens is 436 g/mol. The zero-order chi connectivity index (χ0) is 22.8. The lowest BCUT2D eigenvalue weighted by atomic mass is 10.1. The van der Waals surface area contributed by atoms with Gasteiger partial charge in [0.05, 0.1) is 10.6 Å². The first-order valence-corrected chi connectivity index (χ1v) is 11.9. The van der Waals surface area contributed by atoms with Crippen LogP contribution in [0.2, 0.25) is 0 Å². The summed E-state index contributed by atoms with van der Waals surface area (Å²) in [5, 5.41) is 13.0. The topological polar surface area (TPSA) is 102 Å². The third kappa shape index (κ3) is 4.18. The van der Waals surface area contributed by atoms with Crippen molar-refractivity contribution in [3.63, 3.8) is 0 Å². The molecule has 2 aromatic carbocycles. The smallest absolute Gasteiger partial charge is 0.261 e. The van der Waals surface area contributed by atoms with Gasteiger partial charge in [-0.05, 0) is 60.5 Å². The SMILES string of the molecule is CCc1ccc(S(=O)(=O)Nc2ccc(-c3ccc4nnc(-c5ccccn5)n4n3)cc2)cc1. The molecule has 5 rings (SSSR count). The van der Waals surface area contributed by atoms with E-state index < -0.39 is 10.0 Å². The molecule has 0 aliphatic heterocycles. The van der Waals surface area contributed by atoms with Gasteiger partial charge in [0.25, 0.3) is 10.0 Å². The summed E-state index contributed by atoms with van der Waals surface area (Å²) in [5.74, 6) is 0.547. The Hall–Kier alpha value is -4.11. The lowest BCUT2D eigenvalue weighted by Crippen LogP contribution is -2.12. The molecule has 164 valence electrons. The predicted octanol–water partition coefficient (Wildman–Crippen LogP) is 4.22. The average molecular weight is 457 g/mol. The van der Waals surface area contributed by atoms with Crippen molar-refractivity contribution in [3.05, 3.63) is 90.6 Å². The molecule has 0 aliphatic carbocycles. The van der Waals surface area contributed by atoms with Gasteiger partial charge in [0.1, 0.15) is 5.69 Å². The lowest BCUT2D eigenvalue weighted by molar-refractivity contribution is 0.601. The lowest BCUT2D eigenvalue weighted by Gasteiger charge is -2.09. The summed E-state index contributed by atoms with van der Waals surface area (Å²) in [5.41, 5.74) is 4.36. The molecule has 0 saturated carbocycles. The van der Waals surface area contributed by atoms with Gasteiger partial charge in [0.15, 0.2) is 5.65 Å². The molecule has 0 aliphatic rings. The Bertz CT molecular complexity index is 1510. The number of rotatable bonds is 6. The summed E-state index contributed by atoms with van der Waals surface area (Å²) < 4.78 is 29.7. The van der Waals surface area contributed by atoms with Gasteiger partial charge < -0.3 is 0 Å². The molecule has 0 bridgehead atoms. The fourth-order valence-corrected chi connectivity index (χ4v) is 4.48. The van der Waals surface area contributed by atoms with Crippen LogP contribution in [0.4, 0.5) is 5.69 Å². The summed E-state index contributed by atoms with van der Waals surface area (Å²) in [6.07, 6.45) is 2.55. The van der Waals surface area contributed by atoms with E-state index in [1.807, 2.05) is 61.5 Å². The Kier molecular flexibility index (Phi) is 5.31. The molecule has 1 N–H and O–H groups in total. The van der Waals surface area contributed by atoms with E-state index in [-0.39, 0.29) is 4.90 Å². The zero-order valence-electron chi connectivity index (χ0n) is 17.8. The molecule has 9 heteroatoms. The Morgan fingerprint density at radius 2 is 1.64 bits per heavy atom. The maximum absolute atomic E-state index is 12.7. The molecule has 0 atom stereocenters. The van der Waals surface area contributed by atoms with Crippen molar-refractivity contribution in [2.45, 2.75) is 18.2 Å². The van der Waals surface area contributed by atoms with E-state index in [1.165, 1.54) is 0 Å². The fourth-order valence-electron chi connectivity index (χ4n) is 3.43. The van der Waals surface area contributed by atoms with Gasteiger partial charge in [-0.1, -0.05) is 37.3 Å². The highest BCUT2D eigenvalue weighted by molar-refractivity contribution is 7.92. The first-order valence-electron chi connectivity index (χ1n) is 10.4. The number of aromatic nitrogens is 5. The molecule has 0 saturated heterocycles. The minimum absolute atomic E-state index is 0.227.